The lowest BCUT2D eigenvalue weighted by molar-refractivity contribution is 0.0704. The van der Waals surface area contributed by atoms with E-state index in [0.717, 1.165) is 44.4 Å². The van der Waals surface area contributed by atoms with Gasteiger partial charge in [0, 0.05) is 30.5 Å². The topological polar surface area (TPSA) is 46.3 Å². The highest BCUT2D eigenvalue weighted by Crippen LogP contribution is 2.40. The minimum atomic E-state index is 0.0301. The van der Waals surface area contributed by atoms with Crippen LogP contribution in [0, 0.1) is 0 Å². The van der Waals surface area contributed by atoms with Gasteiger partial charge in [-0.3, -0.25) is 4.79 Å². The number of hydrogen-bond donors (Lipinski definition) is 0. The van der Waals surface area contributed by atoms with Crippen molar-refractivity contribution in [1.82, 2.24) is 10.1 Å². The third-order valence-electron chi connectivity index (χ3n) is 5.42. The van der Waals surface area contributed by atoms with Crippen LogP contribution in [0.3, 0.4) is 0 Å². The molecule has 24 heavy (non-hydrogen) atoms. The van der Waals surface area contributed by atoms with Crippen molar-refractivity contribution in [1.29, 1.82) is 0 Å². The molecular formula is C20H24N2O2. The summed E-state index contributed by atoms with van der Waals surface area (Å²) in [6.07, 6.45) is 5.46. The Morgan fingerprint density at radius 1 is 1.29 bits per heavy atom. The van der Waals surface area contributed by atoms with Crippen LogP contribution in [0.1, 0.15) is 72.7 Å². The van der Waals surface area contributed by atoms with Crippen LogP contribution >= 0.6 is 0 Å². The summed E-state index contributed by atoms with van der Waals surface area (Å²) < 4.78 is 5.38. The molecule has 2 aliphatic rings. The Morgan fingerprint density at radius 3 is 2.79 bits per heavy atom. The number of benzene rings is 1. The number of carbonyl (C=O) groups is 1. The summed E-state index contributed by atoms with van der Waals surface area (Å²) in [6.45, 7) is 3.03. The molecule has 4 rings (SSSR count). The van der Waals surface area contributed by atoms with Crippen molar-refractivity contribution < 1.29 is 9.32 Å². The van der Waals surface area contributed by atoms with Gasteiger partial charge in [-0.2, -0.15) is 0 Å². The summed E-state index contributed by atoms with van der Waals surface area (Å²) in [5, 5.41) is 4.05. The van der Waals surface area contributed by atoms with E-state index in [-0.39, 0.29) is 11.9 Å². The predicted molar refractivity (Wildman–Crippen MR) is 92.0 cm³/mol. The van der Waals surface area contributed by atoms with E-state index < -0.39 is 0 Å². The summed E-state index contributed by atoms with van der Waals surface area (Å²) in [4.78, 5) is 15.0. The maximum Gasteiger partial charge on any atom is 0.276 e. The molecule has 1 amide bonds. The third-order valence-corrected chi connectivity index (χ3v) is 5.42. The molecule has 1 saturated carbocycles. The van der Waals surface area contributed by atoms with Crippen molar-refractivity contribution in [3.8, 4) is 0 Å². The zero-order valence-corrected chi connectivity index (χ0v) is 14.1. The first-order valence-corrected chi connectivity index (χ1v) is 9.10. The first kappa shape index (κ1) is 15.4. The molecule has 0 N–H and O–H groups in total. The molecule has 2 aromatic rings. The fourth-order valence-electron chi connectivity index (χ4n) is 3.99. The van der Waals surface area contributed by atoms with Crippen LogP contribution in [-0.4, -0.2) is 28.6 Å². The maximum absolute atomic E-state index is 13.0. The number of amides is 1. The molecule has 4 nitrogen and oxygen atoms in total. The van der Waals surface area contributed by atoms with Crippen molar-refractivity contribution in [2.24, 2.45) is 0 Å². The van der Waals surface area contributed by atoms with Crippen molar-refractivity contribution in [2.75, 3.05) is 6.54 Å². The third kappa shape index (κ3) is 2.85. The van der Waals surface area contributed by atoms with E-state index in [1.807, 2.05) is 17.0 Å². The van der Waals surface area contributed by atoms with Gasteiger partial charge in [0.05, 0.1) is 0 Å². The Kier molecular flexibility index (Phi) is 4.13. The number of nitrogens with zero attached hydrogens (tertiary/aromatic N) is 2. The highest BCUT2D eigenvalue weighted by atomic mass is 16.5. The smallest absolute Gasteiger partial charge is 0.276 e. The number of likely N-dealkylation sites (tertiary alicyclic amines) is 1. The highest BCUT2D eigenvalue weighted by Gasteiger charge is 2.37. The van der Waals surface area contributed by atoms with Crippen molar-refractivity contribution in [3.63, 3.8) is 0 Å². The fourth-order valence-corrected chi connectivity index (χ4v) is 3.99. The zero-order valence-electron chi connectivity index (χ0n) is 14.1. The molecule has 1 saturated heterocycles. The molecule has 4 heteroatoms. The molecule has 2 heterocycles. The molecule has 0 radical (unpaired) electrons. The molecule has 0 unspecified atom stereocenters. The number of hydrogen-bond acceptors (Lipinski definition) is 3. The van der Waals surface area contributed by atoms with E-state index in [9.17, 15) is 4.79 Å². The SMILES string of the molecule is CC[C@@H](c1ccccc1)[C@H]1CCCN1C(=O)c1cc(C2CC2)on1. The van der Waals surface area contributed by atoms with E-state index in [0.29, 0.717) is 17.5 Å². The summed E-state index contributed by atoms with van der Waals surface area (Å²) in [6, 6.07) is 12.7. The van der Waals surface area contributed by atoms with Crippen LogP contribution in [0.4, 0.5) is 0 Å². The highest BCUT2D eigenvalue weighted by molar-refractivity contribution is 5.92. The molecule has 2 fully saturated rings. The van der Waals surface area contributed by atoms with Crippen LogP contribution in [0.2, 0.25) is 0 Å². The van der Waals surface area contributed by atoms with Crippen LogP contribution in [0.25, 0.3) is 0 Å². The Morgan fingerprint density at radius 2 is 2.08 bits per heavy atom. The van der Waals surface area contributed by atoms with Gasteiger partial charge in [0.2, 0.25) is 0 Å². The van der Waals surface area contributed by atoms with Gasteiger partial charge < -0.3 is 9.42 Å². The van der Waals surface area contributed by atoms with Crippen LogP contribution in [0.15, 0.2) is 40.9 Å². The van der Waals surface area contributed by atoms with Crippen molar-refractivity contribution in [2.45, 2.75) is 56.9 Å². The van der Waals surface area contributed by atoms with E-state index in [2.05, 4.69) is 36.3 Å². The normalized spacial score (nSPS) is 21.9. The maximum atomic E-state index is 13.0. The van der Waals surface area contributed by atoms with Gasteiger partial charge in [-0.05, 0) is 37.7 Å². The summed E-state index contributed by atoms with van der Waals surface area (Å²) >= 11 is 0. The first-order chi connectivity index (χ1) is 11.8. The molecule has 1 aliphatic heterocycles. The molecule has 2 atom stereocenters. The lowest BCUT2D eigenvalue weighted by Gasteiger charge is -2.31. The number of rotatable bonds is 5. The van der Waals surface area contributed by atoms with Gasteiger partial charge in [0.25, 0.3) is 5.91 Å². The van der Waals surface area contributed by atoms with Gasteiger partial charge in [0.1, 0.15) is 5.76 Å². The van der Waals surface area contributed by atoms with Gasteiger partial charge in [-0.25, -0.2) is 0 Å². The summed E-state index contributed by atoms with van der Waals surface area (Å²) in [7, 11) is 0. The van der Waals surface area contributed by atoms with E-state index >= 15 is 0 Å². The molecule has 126 valence electrons. The predicted octanol–water partition coefficient (Wildman–Crippen LogP) is 4.35. The second-order valence-electron chi connectivity index (χ2n) is 7.02. The molecular weight excluding hydrogens is 300 g/mol. The molecule has 1 aromatic heterocycles. The molecule has 0 spiro atoms. The van der Waals surface area contributed by atoms with Crippen molar-refractivity contribution >= 4 is 5.91 Å². The Balaban J connectivity index is 1.55. The average Bonchev–Trinajstić information content (AvgIpc) is 3.16. The molecule has 1 aliphatic carbocycles. The number of carbonyl (C=O) groups excluding carboxylic acids is 1. The van der Waals surface area contributed by atoms with Gasteiger partial charge >= 0.3 is 0 Å². The van der Waals surface area contributed by atoms with Gasteiger partial charge in [0.15, 0.2) is 5.69 Å². The monoisotopic (exact) mass is 324 g/mol. The quantitative estimate of drug-likeness (QED) is 0.821. The van der Waals surface area contributed by atoms with Gasteiger partial charge in [-0.1, -0.05) is 42.4 Å². The number of aromatic nitrogens is 1. The standard InChI is InChI=1S/C20H24N2O2/c1-2-16(14-7-4-3-5-8-14)18-9-6-12-22(18)20(23)17-13-19(24-21-17)15-10-11-15/h3-5,7-8,13,15-16,18H,2,6,9-12H2,1H3/t16-,18+/m0/s1. The molecule has 0 bridgehead atoms. The second kappa shape index (κ2) is 6.42. The summed E-state index contributed by atoms with van der Waals surface area (Å²) in [5.41, 5.74) is 1.80. The van der Waals surface area contributed by atoms with Gasteiger partial charge in [-0.15, -0.1) is 0 Å². The Hall–Kier alpha value is -2.10. The van der Waals surface area contributed by atoms with Crippen LogP contribution in [-0.2, 0) is 0 Å². The molecule has 1 aromatic carbocycles. The Labute approximate surface area is 142 Å². The fraction of sp³-hybridized carbons (Fsp3) is 0.500. The van der Waals surface area contributed by atoms with Crippen LogP contribution < -0.4 is 0 Å². The van der Waals surface area contributed by atoms with E-state index in [1.165, 1.54) is 5.56 Å². The first-order valence-electron chi connectivity index (χ1n) is 9.10. The Bertz CT molecular complexity index is 705. The summed E-state index contributed by atoms with van der Waals surface area (Å²) in [5.74, 6) is 1.78. The average molecular weight is 324 g/mol. The van der Waals surface area contributed by atoms with E-state index in [4.69, 9.17) is 4.52 Å². The van der Waals surface area contributed by atoms with Crippen molar-refractivity contribution in [3.05, 3.63) is 53.4 Å². The van der Waals surface area contributed by atoms with Crippen LogP contribution in [0.5, 0.6) is 0 Å². The lowest BCUT2D eigenvalue weighted by atomic mass is 9.87. The minimum absolute atomic E-state index is 0.0301. The van der Waals surface area contributed by atoms with E-state index in [1.54, 1.807) is 0 Å². The zero-order chi connectivity index (χ0) is 16.5. The lowest BCUT2D eigenvalue weighted by Crippen LogP contribution is -2.39. The second-order valence-corrected chi connectivity index (χ2v) is 7.02. The minimum Gasteiger partial charge on any atom is -0.360 e. The largest absolute Gasteiger partial charge is 0.360 e.